The van der Waals surface area contributed by atoms with Crippen molar-refractivity contribution in [1.82, 2.24) is 0 Å². The van der Waals surface area contributed by atoms with Crippen molar-refractivity contribution in [3.63, 3.8) is 0 Å². The van der Waals surface area contributed by atoms with E-state index in [2.05, 4.69) is 48.5 Å². The number of carbonyl (C=O) groups excluding carboxylic acids is 2. The summed E-state index contributed by atoms with van der Waals surface area (Å²) in [7, 11) is 0. The zero-order chi connectivity index (χ0) is 34.5. The lowest BCUT2D eigenvalue weighted by Crippen LogP contribution is -2.44. The lowest BCUT2D eigenvalue weighted by molar-refractivity contribution is -0.345. The number of hydrogen-bond donors (Lipinski definition) is 4. The Morgan fingerprint density at radius 3 is 0.938 bits per heavy atom. The molecule has 8 nitrogen and oxygen atoms in total. The van der Waals surface area contributed by atoms with E-state index >= 15 is 0 Å². The molecule has 2 aliphatic carbocycles. The maximum atomic E-state index is 8.93. The monoisotopic (exact) mass is 634 g/mol. The number of nitrogens with two attached hydrogens (primary N) is 4. The average Bonchev–Trinajstić information content (AvgIpc) is 3.11. The lowest BCUT2D eigenvalue weighted by Gasteiger charge is -2.14. The van der Waals surface area contributed by atoms with Gasteiger partial charge in [0.2, 0.25) is 11.4 Å². The molecule has 0 atom stereocenters. The molecule has 48 heavy (non-hydrogen) atoms. The van der Waals surface area contributed by atoms with Gasteiger partial charge in [-0.15, -0.1) is 0 Å². The van der Waals surface area contributed by atoms with Crippen LogP contribution in [0.25, 0.3) is 11.1 Å². The molecule has 8 heteroatoms. The van der Waals surface area contributed by atoms with Crippen molar-refractivity contribution in [3.8, 4) is 0 Å². The van der Waals surface area contributed by atoms with Crippen LogP contribution >= 0.6 is 0 Å². The first-order valence-electron chi connectivity index (χ1n) is 14.9. The van der Waals surface area contributed by atoms with Gasteiger partial charge in [0.1, 0.15) is 11.4 Å². The van der Waals surface area contributed by atoms with Crippen LogP contribution in [0.5, 0.6) is 0 Å². The second-order valence-corrected chi connectivity index (χ2v) is 10.4. The van der Waals surface area contributed by atoms with Gasteiger partial charge in [-0.3, -0.25) is 10.8 Å². The molecule has 0 aliphatic heterocycles. The summed E-state index contributed by atoms with van der Waals surface area (Å²) in [6.07, 6.45) is 11.6. The molecular formula is C40H34N4O4. The minimum Gasteiger partial charge on any atom is -0.543 e. The van der Waals surface area contributed by atoms with Crippen molar-refractivity contribution in [2.45, 2.75) is 0 Å². The molecule has 6 rings (SSSR count). The first kappa shape index (κ1) is 34.1. The van der Waals surface area contributed by atoms with Gasteiger partial charge in [-0.1, -0.05) is 133 Å². The standard InChI is InChI=1S/2C19H16N2.C2H2O4/c2*20-17-13-7-12-16(19(17)21)18(14-8-3-1-4-9-14)15-10-5-2-6-11-15;3-1(4)2(5)6/h2*1-13,21H,20H2;(H,3,4)(H,5,6). The molecule has 238 valence electrons. The van der Waals surface area contributed by atoms with Crippen LogP contribution in [0, 0.1) is 0 Å². The van der Waals surface area contributed by atoms with Crippen LogP contribution in [0.2, 0.25) is 0 Å². The highest BCUT2D eigenvalue weighted by molar-refractivity contribution is 6.25. The van der Waals surface area contributed by atoms with Gasteiger partial charge in [-0.2, -0.15) is 0 Å². The maximum Gasteiger partial charge on any atom is 0.227 e. The molecule has 0 fully saturated rings. The van der Waals surface area contributed by atoms with E-state index in [-0.39, 0.29) is 0 Å². The van der Waals surface area contributed by atoms with Gasteiger partial charge < -0.3 is 31.3 Å². The Hall–Kier alpha value is -6.80. The topological polar surface area (TPSA) is 183 Å². The minimum absolute atomic E-state index is 0.608. The second kappa shape index (κ2) is 16.5. The van der Waals surface area contributed by atoms with Crippen LogP contribution in [-0.4, -0.2) is 23.4 Å². The smallest absolute Gasteiger partial charge is 0.227 e. The van der Waals surface area contributed by atoms with Gasteiger partial charge in [0.25, 0.3) is 0 Å². The Morgan fingerprint density at radius 1 is 0.458 bits per heavy atom. The van der Waals surface area contributed by atoms with E-state index in [1.54, 1.807) is 0 Å². The Labute approximate surface area is 278 Å². The number of carboxylic acid groups (broad SMARTS) is 2. The third-order valence-corrected chi connectivity index (χ3v) is 7.23. The predicted molar refractivity (Wildman–Crippen MR) is 185 cm³/mol. The zero-order valence-electron chi connectivity index (χ0n) is 26.0. The molecule has 2 aliphatic rings. The largest absolute Gasteiger partial charge is 0.543 e. The number of rotatable bonds is 4. The third-order valence-electron chi connectivity index (χ3n) is 7.23. The zero-order valence-corrected chi connectivity index (χ0v) is 26.0. The molecule has 0 spiro atoms. The molecule has 0 bridgehead atoms. The highest BCUT2D eigenvalue weighted by Gasteiger charge is 2.22. The van der Waals surface area contributed by atoms with Gasteiger partial charge >= 0.3 is 0 Å². The summed E-state index contributed by atoms with van der Waals surface area (Å²) >= 11 is 0. The first-order valence-corrected chi connectivity index (χ1v) is 14.9. The second-order valence-electron chi connectivity index (χ2n) is 10.4. The molecule has 0 aromatic heterocycles. The third kappa shape index (κ3) is 8.68. The van der Waals surface area contributed by atoms with E-state index < -0.39 is 11.9 Å². The maximum absolute atomic E-state index is 8.93. The van der Waals surface area contributed by atoms with E-state index in [4.69, 9.17) is 42.1 Å². The van der Waals surface area contributed by atoms with Crippen molar-refractivity contribution in [3.05, 3.63) is 203 Å². The molecule has 0 saturated heterocycles. The average molecular weight is 635 g/mol. The van der Waals surface area contributed by atoms with Crippen LogP contribution in [0.15, 0.2) is 180 Å². The van der Waals surface area contributed by atoms with Gasteiger partial charge in [0, 0.05) is 11.1 Å². The van der Waals surface area contributed by atoms with Crippen molar-refractivity contribution in [2.24, 2.45) is 11.5 Å². The predicted octanol–water partition coefficient (Wildman–Crippen LogP) is 0.688. The molecule has 0 saturated carbocycles. The molecule has 4 aromatic rings. The molecule has 0 unspecified atom stereocenters. The Kier molecular flexibility index (Phi) is 11.7. The molecule has 0 radical (unpaired) electrons. The first-order chi connectivity index (χ1) is 23.2. The lowest BCUT2D eigenvalue weighted by atomic mass is 9.88. The highest BCUT2D eigenvalue weighted by Crippen LogP contribution is 2.30. The van der Waals surface area contributed by atoms with Crippen LogP contribution in [-0.2, 0) is 9.59 Å². The van der Waals surface area contributed by atoms with E-state index in [1.165, 1.54) is 0 Å². The summed E-state index contributed by atoms with van der Waals surface area (Å²) in [5.41, 5.74) is 23.0. The van der Waals surface area contributed by atoms with E-state index in [1.807, 2.05) is 109 Å². The number of hydrogen-bond acceptors (Lipinski definition) is 6. The normalized spacial score (nSPS) is 13.2. The van der Waals surface area contributed by atoms with E-state index in [9.17, 15) is 0 Å². The molecular weight excluding hydrogens is 600 g/mol. The summed E-state index contributed by atoms with van der Waals surface area (Å²) < 4.78 is 0. The fourth-order valence-corrected chi connectivity index (χ4v) is 4.98. The molecule has 0 amide bonds. The quantitative estimate of drug-likeness (QED) is 0.240. The van der Waals surface area contributed by atoms with Crippen LogP contribution in [0.1, 0.15) is 22.3 Å². The number of benzene rings is 4. The fourth-order valence-electron chi connectivity index (χ4n) is 4.98. The Morgan fingerprint density at radius 2 is 0.708 bits per heavy atom. The molecule has 0 heterocycles. The van der Waals surface area contributed by atoms with E-state index in [0.717, 1.165) is 44.5 Å². The molecule has 4 aromatic carbocycles. The summed E-state index contributed by atoms with van der Waals surface area (Å²) in [6, 6.07) is 41.0. The van der Waals surface area contributed by atoms with Crippen molar-refractivity contribution in [2.75, 3.05) is 0 Å². The van der Waals surface area contributed by atoms with Gasteiger partial charge in [0.15, 0.2) is 0 Å². The van der Waals surface area contributed by atoms with Crippen molar-refractivity contribution < 1.29 is 30.6 Å². The minimum atomic E-state index is -2.19. The van der Waals surface area contributed by atoms with Crippen LogP contribution < -0.4 is 32.5 Å². The van der Waals surface area contributed by atoms with Gasteiger partial charge in [-0.25, -0.2) is 0 Å². The number of aliphatic carboxylic acids is 2. The Balaban J connectivity index is 0.000000186. The summed E-state index contributed by atoms with van der Waals surface area (Å²) in [6.45, 7) is 0. The van der Waals surface area contributed by atoms with Crippen molar-refractivity contribution >= 4 is 34.5 Å². The SMILES string of the molecule is NC1=CC=CC(=C(c2ccccc2)c2ccccc2)C1=[NH2+].NC1=CC=CC(=C(c2ccccc2)c2ccccc2)C1=[NH2+].O=C([O-])C(=O)[O-]. The summed E-state index contributed by atoms with van der Waals surface area (Å²) in [5, 5.41) is 30.3. The Bertz CT molecular complexity index is 1760. The van der Waals surface area contributed by atoms with Gasteiger partial charge in [0.05, 0.1) is 23.1 Å². The molecule has 8 N–H and O–H groups in total. The van der Waals surface area contributed by atoms with Crippen LogP contribution in [0.3, 0.4) is 0 Å². The fraction of sp³-hybridized carbons (Fsp3) is 0. The summed E-state index contributed by atoms with van der Waals surface area (Å²) in [4.78, 5) is 17.9. The number of carboxylic acids is 2. The number of carbonyl (C=O) groups is 2. The number of allylic oxidation sites excluding steroid dienone is 8. The van der Waals surface area contributed by atoms with Crippen LogP contribution in [0.4, 0.5) is 0 Å². The van der Waals surface area contributed by atoms with Crippen molar-refractivity contribution in [1.29, 1.82) is 0 Å². The highest BCUT2D eigenvalue weighted by atomic mass is 16.4. The van der Waals surface area contributed by atoms with Gasteiger partial charge in [-0.05, 0) is 46.6 Å². The summed E-state index contributed by atoms with van der Waals surface area (Å²) in [5.74, 6) is -4.37. The van der Waals surface area contributed by atoms with E-state index in [0.29, 0.717) is 22.8 Å².